The first-order valence-corrected chi connectivity index (χ1v) is 6.58. The van der Waals surface area contributed by atoms with Gasteiger partial charge >= 0.3 is 0 Å². The van der Waals surface area contributed by atoms with Gasteiger partial charge in [-0.2, -0.15) is 0 Å². The van der Waals surface area contributed by atoms with Crippen LogP contribution in [0.4, 0.5) is 5.69 Å². The Kier molecular flexibility index (Phi) is 4.00. The van der Waals surface area contributed by atoms with Crippen molar-refractivity contribution < 1.29 is 4.79 Å². The molecule has 0 saturated carbocycles. The van der Waals surface area contributed by atoms with Crippen LogP contribution in [0.5, 0.6) is 0 Å². The van der Waals surface area contributed by atoms with Gasteiger partial charge < -0.3 is 5.32 Å². The first kappa shape index (κ1) is 13.3. The van der Waals surface area contributed by atoms with Crippen LogP contribution in [0.2, 0.25) is 0 Å². The zero-order chi connectivity index (χ0) is 13.8. The zero-order valence-corrected chi connectivity index (χ0v) is 11.7. The summed E-state index contributed by atoms with van der Waals surface area (Å²) in [5.41, 5.74) is 4.72. The van der Waals surface area contributed by atoms with Crippen LogP contribution < -0.4 is 5.32 Å². The number of rotatable bonds is 4. The van der Waals surface area contributed by atoms with Crippen LogP contribution in [0.3, 0.4) is 0 Å². The molecule has 2 aromatic carbocycles. The second-order valence-electron chi connectivity index (χ2n) is 4.70. The van der Waals surface area contributed by atoms with Crippen LogP contribution >= 0.6 is 0 Å². The van der Waals surface area contributed by atoms with Crippen LogP contribution in [0.1, 0.15) is 34.0 Å². The molecule has 19 heavy (non-hydrogen) atoms. The molecule has 0 aliphatic heterocycles. The SMILES string of the molecule is CCNc1ccc(C(=O)c2ccccc2C)cc1C. The number of hydrogen-bond donors (Lipinski definition) is 1. The fourth-order valence-corrected chi connectivity index (χ4v) is 2.18. The van der Waals surface area contributed by atoms with E-state index in [-0.39, 0.29) is 5.78 Å². The molecule has 2 rings (SSSR count). The van der Waals surface area contributed by atoms with Crippen LogP contribution in [0.25, 0.3) is 0 Å². The molecule has 0 spiro atoms. The lowest BCUT2D eigenvalue weighted by Gasteiger charge is -2.10. The minimum Gasteiger partial charge on any atom is -0.385 e. The maximum absolute atomic E-state index is 12.5. The highest BCUT2D eigenvalue weighted by atomic mass is 16.1. The van der Waals surface area contributed by atoms with E-state index >= 15 is 0 Å². The topological polar surface area (TPSA) is 29.1 Å². The molecule has 0 radical (unpaired) electrons. The molecule has 0 aliphatic rings. The first-order valence-electron chi connectivity index (χ1n) is 6.58. The Morgan fingerprint density at radius 3 is 2.42 bits per heavy atom. The van der Waals surface area contributed by atoms with E-state index in [0.29, 0.717) is 0 Å². The lowest BCUT2D eigenvalue weighted by atomic mass is 9.97. The lowest BCUT2D eigenvalue weighted by molar-refractivity contribution is 0.103. The van der Waals surface area contributed by atoms with Gasteiger partial charge in [-0.1, -0.05) is 24.3 Å². The summed E-state index contributed by atoms with van der Waals surface area (Å²) < 4.78 is 0. The molecule has 0 aliphatic carbocycles. The molecule has 2 aromatic rings. The molecule has 0 heterocycles. The minimum absolute atomic E-state index is 0.0873. The fraction of sp³-hybridized carbons (Fsp3) is 0.235. The molecule has 0 saturated heterocycles. The Morgan fingerprint density at radius 1 is 1.05 bits per heavy atom. The molecule has 98 valence electrons. The predicted octanol–water partition coefficient (Wildman–Crippen LogP) is 3.97. The van der Waals surface area contributed by atoms with Crippen molar-refractivity contribution in [3.05, 3.63) is 64.7 Å². The van der Waals surface area contributed by atoms with Gasteiger partial charge in [0.05, 0.1) is 0 Å². The van der Waals surface area contributed by atoms with E-state index in [9.17, 15) is 4.79 Å². The Morgan fingerprint density at radius 2 is 1.79 bits per heavy atom. The van der Waals surface area contributed by atoms with E-state index < -0.39 is 0 Å². The third kappa shape index (κ3) is 2.84. The summed E-state index contributed by atoms with van der Waals surface area (Å²) >= 11 is 0. The van der Waals surface area contributed by atoms with Gasteiger partial charge in [0.15, 0.2) is 5.78 Å². The van der Waals surface area contributed by atoms with Crippen LogP contribution in [-0.4, -0.2) is 12.3 Å². The Bertz CT molecular complexity index is 602. The summed E-state index contributed by atoms with van der Waals surface area (Å²) in [5, 5.41) is 3.28. The van der Waals surface area contributed by atoms with E-state index in [1.807, 2.05) is 56.3 Å². The maximum atomic E-state index is 12.5. The van der Waals surface area contributed by atoms with E-state index in [1.165, 1.54) is 0 Å². The lowest BCUT2D eigenvalue weighted by Crippen LogP contribution is -2.05. The Labute approximate surface area is 114 Å². The highest BCUT2D eigenvalue weighted by Gasteiger charge is 2.12. The molecule has 0 atom stereocenters. The fourth-order valence-electron chi connectivity index (χ4n) is 2.18. The number of hydrogen-bond acceptors (Lipinski definition) is 2. The van der Waals surface area contributed by atoms with Crippen molar-refractivity contribution in [3.63, 3.8) is 0 Å². The molecule has 0 aromatic heterocycles. The van der Waals surface area contributed by atoms with Crippen molar-refractivity contribution in [2.75, 3.05) is 11.9 Å². The predicted molar refractivity (Wildman–Crippen MR) is 80.0 cm³/mol. The van der Waals surface area contributed by atoms with E-state index in [0.717, 1.165) is 34.5 Å². The average molecular weight is 253 g/mol. The minimum atomic E-state index is 0.0873. The summed E-state index contributed by atoms with van der Waals surface area (Å²) in [6.45, 7) is 6.93. The molecule has 0 bridgehead atoms. The van der Waals surface area contributed by atoms with Crippen molar-refractivity contribution in [1.82, 2.24) is 0 Å². The Balaban J connectivity index is 2.35. The monoisotopic (exact) mass is 253 g/mol. The maximum Gasteiger partial charge on any atom is 0.193 e. The molecule has 0 unspecified atom stereocenters. The third-order valence-corrected chi connectivity index (χ3v) is 3.25. The third-order valence-electron chi connectivity index (χ3n) is 3.25. The molecule has 2 nitrogen and oxygen atoms in total. The molecule has 1 N–H and O–H groups in total. The second kappa shape index (κ2) is 5.70. The van der Waals surface area contributed by atoms with Crippen molar-refractivity contribution in [1.29, 1.82) is 0 Å². The molecule has 0 amide bonds. The normalized spacial score (nSPS) is 10.3. The quantitative estimate of drug-likeness (QED) is 0.835. The summed E-state index contributed by atoms with van der Waals surface area (Å²) in [6, 6.07) is 13.5. The summed E-state index contributed by atoms with van der Waals surface area (Å²) in [5.74, 6) is 0.0873. The molecular formula is C17H19NO. The number of anilines is 1. The van der Waals surface area contributed by atoms with Gasteiger partial charge in [0.1, 0.15) is 0 Å². The molecular weight excluding hydrogens is 234 g/mol. The first-order chi connectivity index (χ1) is 9.13. The van der Waals surface area contributed by atoms with Crippen molar-refractivity contribution in [2.24, 2.45) is 0 Å². The van der Waals surface area contributed by atoms with E-state index in [4.69, 9.17) is 0 Å². The average Bonchev–Trinajstić information content (AvgIpc) is 2.41. The smallest absolute Gasteiger partial charge is 0.193 e. The number of carbonyl (C=O) groups excluding carboxylic acids is 1. The van der Waals surface area contributed by atoms with Crippen molar-refractivity contribution >= 4 is 11.5 Å². The molecule has 2 heteroatoms. The Hall–Kier alpha value is -2.09. The highest BCUT2D eigenvalue weighted by Crippen LogP contribution is 2.20. The van der Waals surface area contributed by atoms with E-state index in [2.05, 4.69) is 12.2 Å². The van der Waals surface area contributed by atoms with Gasteiger partial charge in [-0.25, -0.2) is 0 Å². The number of benzene rings is 2. The highest BCUT2D eigenvalue weighted by molar-refractivity contribution is 6.10. The van der Waals surface area contributed by atoms with Gasteiger partial charge in [0, 0.05) is 23.4 Å². The zero-order valence-electron chi connectivity index (χ0n) is 11.7. The van der Waals surface area contributed by atoms with Gasteiger partial charge in [0.2, 0.25) is 0 Å². The van der Waals surface area contributed by atoms with Crippen LogP contribution in [0, 0.1) is 13.8 Å². The largest absolute Gasteiger partial charge is 0.385 e. The van der Waals surface area contributed by atoms with Crippen molar-refractivity contribution in [2.45, 2.75) is 20.8 Å². The number of aryl methyl sites for hydroxylation is 2. The van der Waals surface area contributed by atoms with Gasteiger partial charge in [0.25, 0.3) is 0 Å². The van der Waals surface area contributed by atoms with Gasteiger partial charge in [-0.15, -0.1) is 0 Å². The number of nitrogens with one attached hydrogen (secondary N) is 1. The van der Waals surface area contributed by atoms with Crippen LogP contribution in [0.15, 0.2) is 42.5 Å². The number of carbonyl (C=O) groups is 1. The standard InChI is InChI=1S/C17H19NO/c1-4-18-16-10-9-14(11-13(16)3)17(19)15-8-6-5-7-12(15)2/h5-11,18H,4H2,1-3H3. The van der Waals surface area contributed by atoms with E-state index in [1.54, 1.807) is 0 Å². The van der Waals surface area contributed by atoms with Crippen LogP contribution in [-0.2, 0) is 0 Å². The molecule has 0 fully saturated rings. The summed E-state index contributed by atoms with van der Waals surface area (Å²) in [7, 11) is 0. The van der Waals surface area contributed by atoms with Gasteiger partial charge in [-0.3, -0.25) is 4.79 Å². The van der Waals surface area contributed by atoms with Gasteiger partial charge in [-0.05, 0) is 50.1 Å². The summed E-state index contributed by atoms with van der Waals surface area (Å²) in [6.07, 6.45) is 0. The summed E-state index contributed by atoms with van der Waals surface area (Å²) in [4.78, 5) is 12.5. The van der Waals surface area contributed by atoms with Crippen molar-refractivity contribution in [3.8, 4) is 0 Å². The number of ketones is 1. The second-order valence-corrected chi connectivity index (χ2v) is 4.70.